The first kappa shape index (κ1) is 9.71. The molecule has 1 heterocycles. The molecule has 0 aromatic carbocycles. The van der Waals surface area contributed by atoms with Crippen molar-refractivity contribution in [3.8, 4) is 0 Å². The summed E-state index contributed by atoms with van der Waals surface area (Å²) >= 11 is 1.79. The molecule has 2 nitrogen and oxygen atoms in total. The molecule has 68 valence electrons. The van der Waals surface area contributed by atoms with Gasteiger partial charge in [-0.1, -0.05) is 13.0 Å². The molecule has 0 amide bonds. The van der Waals surface area contributed by atoms with Gasteiger partial charge >= 0.3 is 0 Å². The molecule has 1 rings (SSSR count). The van der Waals surface area contributed by atoms with Gasteiger partial charge in [-0.15, -0.1) is 11.3 Å². The van der Waals surface area contributed by atoms with Gasteiger partial charge in [-0.3, -0.25) is 0 Å². The van der Waals surface area contributed by atoms with Crippen LogP contribution in [0.2, 0.25) is 0 Å². The van der Waals surface area contributed by atoms with E-state index in [2.05, 4.69) is 29.8 Å². The Labute approximate surface area is 77.8 Å². The van der Waals surface area contributed by atoms with Crippen molar-refractivity contribution in [1.82, 2.24) is 5.32 Å². The Hall–Kier alpha value is -0.380. The van der Waals surface area contributed by atoms with Crippen molar-refractivity contribution >= 4 is 11.3 Å². The highest BCUT2D eigenvalue weighted by Crippen LogP contribution is 2.07. The van der Waals surface area contributed by atoms with Gasteiger partial charge in [-0.2, -0.15) is 0 Å². The van der Waals surface area contributed by atoms with Crippen LogP contribution in [0, 0.1) is 5.92 Å². The number of thiophene rings is 1. The summed E-state index contributed by atoms with van der Waals surface area (Å²) in [4.78, 5) is 1.39. The average molecular weight is 184 g/mol. The maximum atomic E-state index is 5.49. The van der Waals surface area contributed by atoms with Crippen molar-refractivity contribution in [1.29, 1.82) is 0 Å². The number of hydrogen-bond donors (Lipinski definition) is 2. The Morgan fingerprint density at radius 2 is 2.50 bits per heavy atom. The van der Waals surface area contributed by atoms with E-state index in [0.717, 1.165) is 19.6 Å². The fourth-order valence-corrected chi connectivity index (χ4v) is 1.61. The smallest absolute Gasteiger partial charge is 0.0299 e. The predicted molar refractivity (Wildman–Crippen MR) is 54.2 cm³/mol. The van der Waals surface area contributed by atoms with Crippen molar-refractivity contribution in [3.63, 3.8) is 0 Å². The molecular weight excluding hydrogens is 168 g/mol. The van der Waals surface area contributed by atoms with Gasteiger partial charge < -0.3 is 11.1 Å². The van der Waals surface area contributed by atoms with Gasteiger partial charge in [0.05, 0.1) is 0 Å². The van der Waals surface area contributed by atoms with E-state index in [4.69, 9.17) is 5.73 Å². The monoisotopic (exact) mass is 184 g/mol. The third kappa shape index (κ3) is 3.34. The van der Waals surface area contributed by atoms with E-state index >= 15 is 0 Å². The molecular formula is C9H16N2S. The second-order valence-corrected chi connectivity index (χ2v) is 4.08. The normalized spacial score (nSPS) is 13.2. The molecule has 3 N–H and O–H groups in total. The molecule has 0 aliphatic carbocycles. The summed E-state index contributed by atoms with van der Waals surface area (Å²) in [6, 6.07) is 4.22. The van der Waals surface area contributed by atoms with Crippen LogP contribution in [0.1, 0.15) is 11.8 Å². The molecule has 3 heteroatoms. The van der Waals surface area contributed by atoms with Crippen LogP contribution < -0.4 is 11.1 Å². The third-order valence-electron chi connectivity index (χ3n) is 1.77. The molecule has 0 saturated carbocycles. The second-order valence-electron chi connectivity index (χ2n) is 3.05. The summed E-state index contributed by atoms with van der Waals surface area (Å²) in [5.41, 5.74) is 5.49. The Morgan fingerprint density at radius 1 is 1.67 bits per heavy atom. The standard InChI is InChI=1S/C9H16N2S/c1-8(5-10)6-11-7-9-3-2-4-12-9/h2-4,8,11H,5-7,10H2,1H3. The zero-order valence-corrected chi connectivity index (χ0v) is 8.23. The molecule has 0 bridgehead atoms. The molecule has 0 fully saturated rings. The Bertz CT molecular complexity index is 196. The highest BCUT2D eigenvalue weighted by Gasteiger charge is 1.98. The Morgan fingerprint density at radius 3 is 3.08 bits per heavy atom. The van der Waals surface area contributed by atoms with Crippen LogP contribution >= 0.6 is 11.3 Å². The summed E-state index contributed by atoms with van der Waals surface area (Å²) in [5, 5.41) is 5.47. The highest BCUT2D eigenvalue weighted by molar-refractivity contribution is 7.09. The van der Waals surface area contributed by atoms with Crippen molar-refractivity contribution in [2.24, 2.45) is 11.7 Å². The van der Waals surface area contributed by atoms with Gasteiger partial charge in [0.25, 0.3) is 0 Å². The summed E-state index contributed by atoms with van der Waals surface area (Å²) in [5.74, 6) is 0.574. The van der Waals surface area contributed by atoms with E-state index in [-0.39, 0.29) is 0 Å². The number of rotatable bonds is 5. The van der Waals surface area contributed by atoms with E-state index in [0.29, 0.717) is 5.92 Å². The van der Waals surface area contributed by atoms with E-state index in [1.807, 2.05) is 0 Å². The Balaban J connectivity index is 2.11. The first-order chi connectivity index (χ1) is 5.83. The molecule has 0 spiro atoms. The highest BCUT2D eigenvalue weighted by atomic mass is 32.1. The number of nitrogens with one attached hydrogen (secondary N) is 1. The van der Waals surface area contributed by atoms with E-state index in [9.17, 15) is 0 Å². The summed E-state index contributed by atoms with van der Waals surface area (Å²) in [6.07, 6.45) is 0. The summed E-state index contributed by atoms with van der Waals surface area (Å²) < 4.78 is 0. The van der Waals surface area contributed by atoms with Crippen LogP contribution in [0.4, 0.5) is 0 Å². The van der Waals surface area contributed by atoms with Crippen LogP contribution in [0.15, 0.2) is 17.5 Å². The van der Waals surface area contributed by atoms with Crippen LogP contribution in [0.5, 0.6) is 0 Å². The van der Waals surface area contributed by atoms with Crippen LogP contribution in [0.25, 0.3) is 0 Å². The van der Waals surface area contributed by atoms with Gasteiger partial charge in [-0.05, 0) is 30.5 Å². The number of nitrogens with two attached hydrogens (primary N) is 1. The van der Waals surface area contributed by atoms with Crippen molar-refractivity contribution in [2.75, 3.05) is 13.1 Å². The molecule has 0 saturated heterocycles. The molecule has 0 aliphatic heterocycles. The fourth-order valence-electron chi connectivity index (χ4n) is 0.938. The van der Waals surface area contributed by atoms with E-state index in [1.165, 1.54) is 4.88 Å². The van der Waals surface area contributed by atoms with Crippen LogP contribution in [-0.4, -0.2) is 13.1 Å². The zero-order valence-electron chi connectivity index (χ0n) is 7.42. The SMILES string of the molecule is CC(CN)CNCc1cccs1. The van der Waals surface area contributed by atoms with Crippen LogP contribution in [0.3, 0.4) is 0 Å². The minimum atomic E-state index is 0.574. The topological polar surface area (TPSA) is 38.0 Å². The number of hydrogen-bond acceptors (Lipinski definition) is 3. The maximum absolute atomic E-state index is 5.49. The molecule has 12 heavy (non-hydrogen) atoms. The minimum Gasteiger partial charge on any atom is -0.330 e. The molecule has 1 aromatic rings. The summed E-state index contributed by atoms with van der Waals surface area (Å²) in [6.45, 7) is 4.90. The fraction of sp³-hybridized carbons (Fsp3) is 0.556. The van der Waals surface area contributed by atoms with Crippen molar-refractivity contribution < 1.29 is 0 Å². The second kappa shape index (κ2) is 5.30. The molecule has 1 aromatic heterocycles. The third-order valence-corrected chi connectivity index (χ3v) is 2.65. The first-order valence-electron chi connectivity index (χ1n) is 4.26. The zero-order chi connectivity index (χ0) is 8.81. The van der Waals surface area contributed by atoms with Gasteiger partial charge in [0.1, 0.15) is 0 Å². The van der Waals surface area contributed by atoms with Crippen LogP contribution in [-0.2, 0) is 6.54 Å². The lowest BCUT2D eigenvalue weighted by Crippen LogP contribution is -2.25. The summed E-state index contributed by atoms with van der Waals surface area (Å²) in [7, 11) is 0. The lowest BCUT2D eigenvalue weighted by Gasteiger charge is -2.08. The lowest BCUT2D eigenvalue weighted by molar-refractivity contribution is 0.524. The largest absolute Gasteiger partial charge is 0.330 e. The maximum Gasteiger partial charge on any atom is 0.0299 e. The van der Waals surface area contributed by atoms with E-state index in [1.54, 1.807) is 11.3 Å². The van der Waals surface area contributed by atoms with Gasteiger partial charge in [-0.25, -0.2) is 0 Å². The average Bonchev–Trinajstić information content (AvgIpc) is 2.57. The Kier molecular flexibility index (Phi) is 4.29. The minimum absolute atomic E-state index is 0.574. The molecule has 0 radical (unpaired) electrons. The quantitative estimate of drug-likeness (QED) is 0.726. The van der Waals surface area contributed by atoms with Gasteiger partial charge in [0.2, 0.25) is 0 Å². The van der Waals surface area contributed by atoms with Crippen molar-refractivity contribution in [2.45, 2.75) is 13.5 Å². The molecule has 1 unspecified atom stereocenters. The van der Waals surface area contributed by atoms with E-state index < -0.39 is 0 Å². The molecule has 0 aliphatic rings. The van der Waals surface area contributed by atoms with Crippen molar-refractivity contribution in [3.05, 3.63) is 22.4 Å². The van der Waals surface area contributed by atoms with Gasteiger partial charge in [0, 0.05) is 11.4 Å². The predicted octanol–water partition coefficient (Wildman–Crippen LogP) is 1.43. The molecule has 1 atom stereocenters. The lowest BCUT2D eigenvalue weighted by atomic mass is 10.2. The first-order valence-corrected chi connectivity index (χ1v) is 5.14. The van der Waals surface area contributed by atoms with Gasteiger partial charge in [0.15, 0.2) is 0 Å².